The molecule has 1 amide bonds. The first-order chi connectivity index (χ1) is 12.7. The summed E-state index contributed by atoms with van der Waals surface area (Å²) in [5.41, 5.74) is 0. The van der Waals surface area contributed by atoms with Crippen molar-refractivity contribution in [2.75, 3.05) is 33.2 Å². The number of rotatable bonds is 7. The standard InChI is InChI=1S/C19H31N5OS/c1-3-20-19(22-13-17(25)23-15-8-9-15)21-12-14-6-4-10-24(2)18(14)16-7-5-11-26-16/h5,7,11,14-15,18H,3-4,6,8-10,12-13H2,1-2H3,(H,23,25)(H2,20,21,22). The third kappa shape index (κ3) is 5.45. The van der Waals surface area contributed by atoms with Gasteiger partial charge < -0.3 is 16.0 Å². The van der Waals surface area contributed by atoms with Gasteiger partial charge in [-0.3, -0.25) is 9.69 Å². The molecular weight excluding hydrogens is 346 g/mol. The van der Waals surface area contributed by atoms with Crippen LogP contribution in [-0.4, -0.2) is 56.0 Å². The molecule has 1 aliphatic carbocycles. The summed E-state index contributed by atoms with van der Waals surface area (Å²) in [5, 5.41) is 11.9. The Kier molecular flexibility index (Phi) is 6.91. The lowest BCUT2D eigenvalue weighted by molar-refractivity contribution is -0.119. The quantitative estimate of drug-likeness (QED) is 0.502. The van der Waals surface area contributed by atoms with E-state index in [1.807, 2.05) is 18.3 Å². The van der Waals surface area contributed by atoms with E-state index in [0.717, 1.165) is 38.4 Å². The van der Waals surface area contributed by atoms with Crippen LogP contribution in [0.15, 0.2) is 22.5 Å². The number of hydrogen-bond donors (Lipinski definition) is 3. The van der Waals surface area contributed by atoms with E-state index in [-0.39, 0.29) is 12.5 Å². The van der Waals surface area contributed by atoms with Gasteiger partial charge in [0.25, 0.3) is 0 Å². The second-order valence-electron chi connectivity index (χ2n) is 7.26. The molecule has 3 N–H and O–H groups in total. The molecule has 1 saturated heterocycles. The number of aliphatic imine (C=N–C) groups is 1. The molecule has 0 radical (unpaired) electrons. The Balaban J connectivity index is 1.56. The predicted molar refractivity (Wildman–Crippen MR) is 108 cm³/mol. The van der Waals surface area contributed by atoms with Crippen molar-refractivity contribution in [3.8, 4) is 0 Å². The summed E-state index contributed by atoms with van der Waals surface area (Å²) in [6.07, 6.45) is 4.64. The Morgan fingerprint density at radius 3 is 2.88 bits per heavy atom. The van der Waals surface area contributed by atoms with Crippen molar-refractivity contribution >= 4 is 23.2 Å². The molecule has 2 fully saturated rings. The van der Waals surface area contributed by atoms with Crippen molar-refractivity contribution in [2.24, 2.45) is 10.9 Å². The molecule has 2 unspecified atom stereocenters. The zero-order valence-electron chi connectivity index (χ0n) is 15.8. The zero-order chi connectivity index (χ0) is 18.4. The molecule has 0 spiro atoms. The van der Waals surface area contributed by atoms with Gasteiger partial charge in [-0.05, 0) is 63.6 Å². The lowest BCUT2D eigenvalue weighted by Crippen LogP contribution is -2.45. The van der Waals surface area contributed by atoms with Crippen molar-refractivity contribution in [1.29, 1.82) is 0 Å². The Morgan fingerprint density at radius 2 is 2.19 bits per heavy atom. The van der Waals surface area contributed by atoms with E-state index in [2.05, 4.69) is 50.4 Å². The van der Waals surface area contributed by atoms with Crippen LogP contribution in [0.3, 0.4) is 0 Å². The van der Waals surface area contributed by atoms with Gasteiger partial charge in [0.15, 0.2) is 5.96 Å². The number of likely N-dealkylation sites (tertiary alicyclic amines) is 1. The Hall–Kier alpha value is -1.60. The van der Waals surface area contributed by atoms with Crippen LogP contribution in [0.5, 0.6) is 0 Å². The van der Waals surface area contributed by atoms with Crippen molar-refractivity contribution in [3.63, 3.8) is 0 Å². The number of thiophene rings is 1. The zero-order valence-corrected chi connectivity index (χ0v) is 16.6. The number of nitrogens with one attached hydrogen (secondary N) is 3. The number of piperidine rings is 1. The molecule has 1 aliphatic heterocycles. The number of carbonyl (C=O) groups excluding carboxylic acids is 1. The van der Waals surface area contributed by atoms with Crippen LogP contribution in [0.2, 0.25) is 0 Å². The fraction of sp³-hybridized carbons (Fsp3) is 0.684. The third-order valence-electron chi connectivity index (χ3n) is 5.04. The molecule has 7 heteroatoms. The average molecular weight is 378 g/mol. The third-order valence-corrected chi connectivity index (χ3v) is 5.98. The molecular formula is C19H31N5OS. The minimum Gasteiger partial charge on any atom is -0.357 e. The van der Waals surface area contributed by atoms with E-state index >= 15 is 0 Å². The van der Waals surface area contributed by atoms with Gasteiger partial charge in [0, 0.05) is 30.1 Å². The fourth-order valence-electron chi connectivity index (χ4n) is 3.60. The number of guanidine groups is 1. The Morgan fingerprint density at radius 1 is 1.35 bits per heavy atom. The van der Waals surface area contributed by atoms with Gasteiger partial charge in [-0.25, -0.2) is 4.99 Å². The topological polar surface area (TPSA) is 68.8 Å². The van der Waals surface area contributed by atoms with Gasteiger partial charge in [-0.2, -0.15) is 0 Å². The lowest BCUT2D eigenvalue weighted by Gasteiger charge is -2.39. The average Bonchev–Trinajstić information content (AvgIpc) is 3.27. The fourth-order valence-corrected chi connectivity index (χ4v) is 4.59. The minimum absolute atomic E-state index is 0.0126. The van der Waals surface area contributed by atoms with Gasteiger partial charge in [-0.1, -0.05) is 6.07 Å². The number of amides is 1. The Labute approximate surface area is 160 Å². The molecule has 2 aliphatic rings. The molecule has 0 bridgehead atoms. The van der Waals surface area contributed by atoms with Crippen LogP contribution < -0.4 is 16.0 Å². The summed E-state index contributed by atoms with van der Waals surface area (Å²) >= 11 is 1.84. The summed E-state index contributed by atoms with van der Waals surface area (Å²) < 4.78 is 0. The van der Waals surface area contributed by atoms with Crippen molar-refractivity contribution in [2.45, 2.75) is 44.7 Å². The second kappa shape index (κ2) is 9.37. The maximum absolute atomic E-state index is 11.9. The summed E-state index contributed by atoms with van der Waals surface area (Å²) in [7, 11) is 2.22. The second-order valence-corrected chi connectivity index (χ2v) is 8.24. The largest absolute Gasteiger partial charge is 0.357 e. The van der Waals surface area contributed by atoms with Crippen LogP contribution in [0.1, 0.15) is 43.5 Å². The summed E-state index contributed by atoms with van der Waals surface area (Å²) in [5.74, 6) is 1.28. The molecule has 1 aromatic heterocycles. The van der Waals surface area contributed by atoms with Crippen LogP contribution in [0.25, 0.3) is 0 Å². The highest BCUT2D eigenvalue weighted by atomic mass is 32.1. The molecule has 0 aromatic carbocycles. The highest BCUT2D eigenvalue weighted by molar-refractivity contribution is 7.10. The van der Waals surface area contributed by atoms with E-state index in [4.69, 9.17) is 0 Å². The summed E-state index contributed by atoms with van der Waals surface area (Å²) in [6.45, 7) is 5.03. The van der Waals surface area contributed by atoms with Crippen molar-refractivity contribution in [1.82, 2.24) is 20.9 Å². The molecule has 6 nitrogen and oxygen atoms in total. The van der Waals surface area contributed by atoms with Gasteiger partial charge in [0.05, 0.1) is 0 Å². The molecule has 1 saturated carbocycles. The number of hydrogen-bond acceptors (Lipinski definition) is 4. The van der Waals surface area contributed by atoms with E-state index in [9.17, 15) is 4.79 Å². The molecule has 1 aromatic rings. The summed E-state index contributed by atoms with van der Waals surface area (Å²) in [4.78, 5) is 20.2. The molecule has 144 valence electrons. The first-order valence-corrected chi connectivity index (χ1v) is 10.6. The maximum Gasteiger partial charge on any atom is 0.242 e. The first-order valence-electron chi connectivity index (χ1n) is 9.72. The van der Waals surface area contributed by atoms with Crippen LogP contribution in [0, 0.1) is 5.92 Å². The molecule has 26 heavy (non-hydrogen) atoms. The van der Waals surface area contributed by atoms with Crippen LogP contribution >= 0.6 is 11.3 Å². The summed E-state index contributed by atoms with van der Waals surface area (Å²) in [6, 6.07) is 5.22. The van der Waals surface area contributed by atoms with E-state index in [1.165, 1.54) is 17.7 Å². The maximum atomic E-state index is 11.9. The normalized spacial score (nSPS) is 24.3. The Bertz CT molecular complexity index is 599. The van der Waals surface area contributed by atoms with Crippen molar-refractivity contribution < 1.29 is 4.79 Å². The molecule has 2 heterocycles. The van der Waals surface area contributed by atoms with Gasteiger partial charge in [0.2, 0.25) is 5.91 Å². The smallest absolute Gasteiger partial charge is 0.242 e. The molecule has 2 atom stereocenters. The van der Waals surface area contributed by atoms with Crippen molar-refractivity contribution in [3.05, 3.63) is 22.4 Å². The van der Waals surface area contributed by atoms with Gasteiger partial charge in [-0.15, -0.1) is 11.3 Å². The lowest BCUT2D eigenvalue weighted by atomic mass is 9.88. The highest BCUT2D eigenvalue weighted by Crippen LogP contribution is 2.36. The van der Waals surface area contributed by atoms with E-state index < -0.39 is 0 Å². The minimum atomic E-state index is 0.0126. The van der Waals surface area contributed by atoms with Crippen LogP contribution in [0.4, 0.5) is 0 Å². The first kappa shape index (κ1) is 19.2. The predicted octanol–water partition coefficient (Wildman–Crippen LogP) is 1.96. The monoisotopic (exact) mass is 377 g/mol. The van der Waals surface area contributed by atoms with Crippen LogP contribution in [-0.2, 0) is 4.79 Å². The van der Waals surface area contributed by atoms with E-state index in [0.29, 0.717) is 18.0 Å². The number of nitrogens with zero attached hydrogens (tertiary/aromatic N) is 2. The van der Waals surface area contributed by atoms with E-state index in [1.54, 1.807) is 0 Å². The van der Waals surface area contributed by atoms with Gasteiger partial charge >= 0.3 is 0 Å². The number of carbonyl (C=O) groups is 1. The van der Waals surface area contributed by atoms with Gasteiger partial charge in [0.1, 0.15) is 6.54 Å². The molecule has 3 rings (SSSR count). The SMILES string of the molecule is CCNC(=NCC(=O)NC1CC1)NCC1CCCN(C)C1c1cccs1. The highest BCUT2D eigenvalue weighted by Gasteiger charge is 2.31.